The van der Waals surface area contributed by atoms with E-state index in [4.69, 9.17) is 15.2 Å². The second-order valence-electron chi connectivity index (χ2n) is 4.71. The zero-order valence-corrected chi connectivity index (χ0v) is 10.9. The Labute approximate surface area is 117 Å². The van der Waals surface area contributed by atoms with Crippen LogP contribution < -0.4 is 15.2 Å². The minimum absolute atomic E-state index is 0.0847. The SMILES string of the molecule is Nc1ccccc1OCC1CC(=O)c2ccccc2O1. The fourth-order valence-electron chi connectivity index (χ4n) is 2.23. The molecule has 0 saturated carbocycles. The van der Waals surface area contributed by atoms with Crippen molar-refractivity contribution in [2.45, 2.75) is 12.5 Å². The molecule has 1 unspecified atom stereocenters. The van der Waals surface area contributed by atoms with Crippen molar-refractivity contribution in [3.8, 4) is 11.5 Å². The first kappa shape index (κ1) is 12.5. The molecule has 0 fully saturated rings. The molecule has 2 aromatic rings. The van der Waals surface area contributed by atoms with Crippen LogP contribution in [0.25, 0.3) is 0 Å². The Hall–Kier alpha value is -2.49. The van der Waals surface area contributed by atoms with Crippen molar-refractivity contribution >= 4 is 11.5 Å². The van der Waals surface area contributed by atoms with Gasteiger partial charge in [-0.05, 0) is 24.3 Å². The maximum Gasteiger partial charge on any atom is 0.170 e. The average Bonchev–Trinajstić information content (AvgIpc) is 2.46. The summed E-state index contributed by atoms with van der Waals surface area (Å²) in [6.45, 7) is 0.300. The number of carbonyl (C=O) groups is 1. The van der Waals surface area contributed by atoms with Crippen LogP contribution in [0.1, 0.15) is 16.8 Å². The molecule has 3 rings (SSSR count). The van der Waals surface area contributed by atoms with Crippen molar-refractivity contribution in [3.05, 3.63) is 54.1 Å². The first-order valence-electron chi connectivity index (χ1n) is 6.50. The number of carbonyl (C=O) groups excluding carboxylic acids is 1. The number of fused-ring (bicyclic) bond motifs is 1. The molecule has 4 nitrogen and oxygen atoms in total. The summed E-state index contributed by atoms with van der Waals surface area (Å²) in [6, 6.07) is 14.5. The second kappa shape index (κ2) is 5.25. The molecule has 1 aliphatic heterocycles. The molecule has 2 N–H and O–H groups in total. The smallest absolute Gasteiger partial charge is 0.170 e. The zero-order valence-electron chi connectivity index (χ0n) is 10.9. The van der Waals surface area contributed by atoms with Crippen LogP contribution in [0.15, 0.2) is 48.5 Å². The van der Waals surface area contributed by atoms with Crippen molar-refractivity contribution < 1.29 is 14.3 Å². The summed E-state index contributed by atoms with van der Waals surface area (Å²) in [5.41, 5.74) is 7.03. The first-order chi connectivity index (χ1) is 9.74. The quantitative estimate of drug-likeness (QED) is 0.870. The van der Waals surface area contributed by atoms with Crippen LogP contribution in [0, 0.1) is 0 Å². The fourth-order valence-corrected chi connectivity index (χ4v) is 2.23. The van der Waals surface area contributed by atoms with E-state index in [-0.39, 0.29) is 11.9 Å². The number of hydrogen-bond donors (Lipinski definition) is 1. The highest BCUT2D eigenvalue weighted by Gasteiger charge is 2.26. The zero-order chi connectivity index (χ0) is 13.9. The third kappa shape index (κ3) is 2.45. The van der Waals surface area contributed by atoms with Gasteiger partial charge in [0, 0.05) is 0 Å². The number of anilines is 1. The summed E-state index contributed by atoms with van der Waals surface area (Å²) in [4.78, 5) is 12.0. The number of nitrogen functional groups attached to an aromatic ring is 1. The van der Waals surface area contributed by atoms with Crippen molar-refractivity contribution in [2.75, 3.05) is 12.3 Å². The molecule has 20 heavy (non-hydrogen) atoms. The minimum Gasteiger partial charge on any atom is -0.488 e. The van der Waals surface area contributed by atoms with Gasteiger partial charge in [0.1, 0.15) is 24.2 Å². The van der Waals surface area contributed by atoms with Crippen LogP contribution in [0.2, 0.25) is 0 Å². The average molecular weight is 269 g/mol. The van der Waals surface area contributed by atoms with Crippen molar-refractivity contribution in [2.24, 2.45) is 0 Å². The van der Waals surface area contributed by atoms with Gasteiger partial charge in [-0.1, -0.05) is 24.3 Å². The standard InChI is InChI=1S/C16H15NO3/c17-13-6-2-4-8-16(13)19-10-11-9-14(18)12-5-1-3-7-15(12)20-11/h1-8,11H,9-10,17H2. The normalized spacial score (nSPS) is 17.2. The molecule has 102 valence electrons. The third-order valence-corrected chi connectivity index (χ3v) is 3.24. The number of para-hydroxylation sites is 3. The number of Topliss-reactive ketones (excluding diaryl/α,β-unsaturated/α-hetero) is 1. The van der Waals surface area contributed by atoms with Crippen LogP contribution >= 0.6 is 0 Å². The molecule has 4 heteroatoms. The van der Waals surface area contributed by atoms with Gasteiger partial charge in [-0.15, -0.1) is 0 Å². The monoisotopic (exact) mass is 269 g/mol. The van der Waals surface area contributed by atoms with Crippen molar-refractivity contribution in [3.63, 3.8) is 0 Å². The van der Waals surface area contributed by atoms with E-state index in [0.717, 1.165) is 0 Å². The van der Waals surface area contributed by atoms with Crippen molar-refractivity contribution in [1.82, 2.24) is 0 Å². The molecule has 2 aromatic carbocycles. The minimum atomic E-state index is -0.281. The highest BCUT2D eigenvalue weighted by Crippen LogP contribution is 2.28. The maximum absolute atomic E-state index is 12.0. The van der Waals surface area contributed by atoms with E-state index in [1.807, 2.05) is 24.3 Å². The van der Waals surface area contributed by atoms with E-state index < -0.39 is 0 Å². The van der Waals surface area contributed by atoms with Gasteiger partial charge in [0.25, 0.3) is 0 Å². The summed E-state index contributed by atoms with van der Waals surface area (Å²) < 4.78 is 11.4. The van der Waals surface area contributed by atoms with Crippen molar-refractivity contribution in [1.29, 1.82) is 0 Å². The molecular formula is C16H15NO3. The molecule has 0 aromatic heterocycles. The number of ether oxygens (including phenoxy) is 2. The molecule has 0 spiro atoms. The Bertz CT molecular complexity index is 639. The third-order valence-electron chi connectivity index (χ3n) is 3.24. The lowest BCUT2D eigenvalue weighted by Crippen LogP contribution is -2.32. The van der Waals surface area contributed by atoms with Gasteiger partial charge < -0.3 is 15.2 Å². The summed E-state index contributed by atoms with van der Waals surface area (Å²) in [6.07, 6.45) is 0.0426. The van der Waals surface area contributed by atoms with Gasteiger partial charge in [-0.3, -0.25) is 4.79 Å². The molecule has 1 atom stereocenters. The van der Waals surface area contributed by atoms with Gasteiger partial charge in [-0.25, -0.2) is 0 Å². The lowest BCUT2D eigenvalue weighted by molar-refractivity contribution is 0.0745. The van der Waals surface area contributed by atoms with Crippen LogP contribution in [-0.2, 0) is 0 Å². The number of benzene rings is 2. The molecule has 0 saturated heterocycles. The Balaban J connectivity index is 1.69. The van der Waals surface area contributed by atoms with Gasteiger partial charge in [-0.2, -0.15) is 0 Å². The van der Waals surface area contributed by atoms with Gasteiger partial charge >= 0.3 is 0 Å². The van der Waals surface area contributed by atoms with E-state index in [1.165, 1.54) is 0 Å². The first-order valence-corrected chi connectivity index (χ1v) is 6.50. The number of rotatable bonds is 3. The predicted octanol–water partition coefficient (Wildman–Crippen LogP) is 2.68. The summed E-state index contributed by atoms with van der Waals surface area (Å²) >= 11 is 0. The Morgan fingerprint density at radius 1 is 1.15 bits per heavy atom. The van der Waals surface area contributed by atoms with E-state index in [1.54, 1.807) is 24.3 Å². The molecular weight excluding hydrogens is 254 g/mol. The molecule has 0 radical (unpaired) electrons. The molecule has 1 heterocycles. The summed E-state index contributed by atoms with van der Waals surface area (Å²) in [5.74, 6) is 1.32. The number of ketones is 1. The van der Waals surface area contributed by atoms with E-state index in [9.17, 15) is 4.79 Å². The van der Waals surface area contributed by atoms with Gasteiger partial charge in [0.05, 0.1) is 17.7 Å². The van der Waals surface area contributed by atoms with Crippen LogP contribution in [0.3, 0.4) is 0 Å². The van der Waals surface area contributed by atoms with Crippen LogP contribution in [0.4, 0.5) is 5.69 Å². The number of hydrogen-bond acceptors (Lipinski definition) is 4. The van der Waals surface area contributed by atoms with Gasteiger partial charge in [0.15, 0.2) is 5.78 Å². The van der Waals surface area contributed by atoms with E-state index in [2.05, 4.69) is 0 Å². The molecule has 0 amide bonds. The van der Waals surface area contributed by atoms with E-state index >= 15 is 0 Å². The molecule has 0 bridgehead atoms. The van der Waals surface area contributed by atoms with Crippen LogP contribution in [0.5, 0.6) is 11.5 Å². The number of nitrogens with two attached hydrogens (primary N) is 1. The van der Waals surface area contributed by atoms with Gasteiger partial charge in [0.2, 0.25) is 0 Å². The second-order valence-corrected chi connectivity index (χ2v) is 4.71. The fraction of sp³-hybridized carbons (Fsp3) is 0.188. The largest absolute Gasteiger partial charge is 0.488 e. The predicted molar refractivity (Wildman–Crippen MR) is 76.2 cm³/mol. The highest BCUT2D eigenvalue weighted by atomic mass is 16.5. The van der Waals surface area contributed by atoms with E-state index in [0.29, 0.717) is 35.8 Å². The summed E-state index contributed by atoms with van der Waals surface area (Å²) in [5, 5.41) is 0. The lowest BCUT2D eigenvalue weighted by Gasteiger charge is -2.25. The highest BCUT2D eigenvalue weighted by molar-refractivity contribution is 5.99. The molecule has 0 aliphatic carbocycles. The molecule has 1 aliphatic rings. The summed E-state index contributed by atoms with van der Waals surface area (Å²) in [7, 11) is 0. The Morgan fingerprint density at radius 2 is 1.90 bits per heavy atom. The topological polar surface area (TPSA) is 61.5 Å². The Kier molecular flexibility index (Phi) is 3.29. The lowest BCUT2D eigenvalue weighted by atomic mass is 10.0. The Morgan fingerprint density at radius 3 is 2.75 bits per heavy atom. The van der Waals surface area contributed by atoms with Crippen LogP contribution in [-0.4, -0.2) is 18.5 Å². The maximum atomic E-state index is 12.0.